The average Bonchev–Trinajstić information content (AvgIpc) is 3.84. The van der Waals surface area contributed by atoms with Crippen molar-refractivity contribution in [3.05, 3.63) is 185 Å². The standard InChI is InChI=1S/C69H69BN2S/c1-41-32-59-64-60(33-41)72(56-38-51-49(34-42(56)2)66(6,7)30-31-67(51,8)9)57-35-44(46-23-19-25-62-63(46)47-22-17-18-24-61(47)73-62)26-28-53(57)70(64)54-37-50-52(69(12,13)40-68(50,10)11)39-58(54)71(59)55-29-27-45(65(3,4)5)36-48(55)43-20-15-14-16-21-43/h14-29,32-39H,30-31,40H2,1-13H3/i1D3. The Hall–Kier alpha value is -6.36. The van der Waals surface area contributed by atoms with Crippen molar-refractivity contribution in [2.45, 2.75) is 136 Å². The predicted octanol–water partition coefficient (Wildman–Crippen LogP) is 17.7. The predicted molar refractivity (Wildman–Crippen MR) is 318 cm³/mol. The van der Waals surface area contributed by atoms with Gasteiger partial charge in [0.25, 0.3) is 6.71 Å². The normalized spacial score (nSPS) is 18.4. The van der Waals surface area contributed by atoms with Crippen molar-refractivity contribution < 1.29 is 4.11 Å². The van der Waals surface area contributed by atoms with Gasteiger partial charge in [0.1, 0.15) is 0 Å². The van der Waals surface area contributed by atoms with E-state index >= 15 is 0 Å². The zero-order chi connectivity index (χ0) is 53.4. The van der Waals surface area contributed by atoms with Crippen LogP contribution >= 0.6 is 11.3 Å². The molecule has 2 aliphatic heterocycles. The second-order valence-corrected chi connectivity index (χ2v) is 26.9. The van der Waals surface area contributed by atoms with Crippen LogP contribution in [0.5, 0.6) is 0 Å². The highest BCUT2D eigenvalue weighted by Gasteiger charge is 2.49. The summed E-state index contributed by atoms with van der Waals surface area (Å²) in [5.41, 5.74) is 22.4. The summed E-state index contributed by atoms with van der Waals surface area (Å²) in [5.74, 6) is 0. The quantitative estimate of drug-likeness (QED) is 0.162. The lowest BCUT2D eigenvalue weighted by Gasteiger charge is -2.47. The highest BCUT2D eigenvalue weighted by Crippen LogP contribution is 2.55. The Balaban J connectivity index is 1.18. The van der Waals surface area contributed by atoms with Crippen molar-refractivity contribution in [2.75, 3.05) is 9.80 Å². The van der Waals surface area contributed by atoms with E-state index in [2.05, 4.69) is 226 Å². The second-order valence-electron chi connectivity index (χ2n) is 25.8. The molecule has 4 heteroatoms. The van der Waals surface area contributed by atoms with Gasteiger partial charge in [0.05, 0.1) is 5.69 Å². The fourth-order valence-corrected chi connectivity index (χ4v) is 15.3. The van der Waals surface area contributed by atoms with E-state index in [-0.39, 0.29) is 33.8 Å². The first kappa shape index (κ1) is 43.1. The fourth-order valence-electron chi connectivity index (χ4n) is 14.2. The van der Waals surface area contributed by atoms with Gasteiger partial charge in [-0.05, 0) is 187 Å². The van der Waals surface area contributed by atoms with Crippen LogP contribution in [0.15, 0.2) is 146 Å². The van der Waals surface area contributed by atoms with Crippen molar-refractivity contribution in [3.63, 3.8) is 0 Å². The van der Waals surface area contributed by atoms with Gasteiger partial charge >= 0.3 is 0 Å². The molecular weight excluding hydrogens is 900 g/mol. The Morgan fingerprint density at radius 2 is 1.12 bits per heavy atom. The third kappa shape index (κ3) is 6.95. The van der Waals surface area contributed by atoms with Crippen LogP contribution in [0.4, 0.5) is 34.1 Å². The number of aryl methyl sites for hydroxylation is 2. The van der Waals surface area contributed by atoms with E-state index in [1.807, 2.05) is 23.5 Å². The molecule has 0 amide bonds. The lowest BCUT2D eigenvalue weighted by Crippen LogP contribution is -2.61. The number of nitrogens with zero attached hydrogens (tertiary/aromatic N) is 2. The SMILES string of the molecule is [2H]C([2H])([2H])c1cc2c3c(c1)N(c1ccc(C(C)(C)C)cc1-c1ccccc1)c1cc4c(cc1B3c1ccc(-c3cccc5sc6ccccc6c35)cc1N2c1cc2c(cc1C)C(C)(C)CCC2(C)C)C(C)(C)CC4(C)C. The van der Waals surface area contributed by atoms with E-state index in [0.717, 1.165) is 75.5 Å². The van der Waals surface area contributed by atoms with Crippen molar-refractivity contribution >= 4 is 88.7 Å². The fraction of sp³-hybridized carbons (Fsp3) is 0.304. The van der Waals surface area contributed by atoms with Gasteiger partial charge in [-0.15, -0.1) is 11.3 Å². The summed E-state index contributed by atoms with van der Waals surface area (Å²) in [6.45, 7) is 25.8. The van der Waals surface area contributed by atoms with Gasteiger partial charge in [0.2, 0.25) is 0 Å². The number of benzene rings is 8. The minimum atomic E-state index is -2.41. The van der Waals surface area contributed by atoms with Gasteiger partial charge < -0.3 is 9.80 Å². The summed E-state index contributed by atoms with van der Waals surface area (Å²) in [6, 6.07) is 54.7. The minimum absolute atomic E-state index is 0.0142. The molecule has 0 radical (unpaired) electrons. The molecule has 1 aromatic heterocycles. The Bertz CT molecular complexity index is 3920. The van der Waals surface area contributed by atoms with Crippen LogP contribution in [-0.4, -0.2) is 6.71 Å². The third-order valence-corrected chi connectivity index (χ3v) is 19.0. The minimum Gasteiger partial charge on any atom is -0.311 e. The molecule has 364 valence electrons. The Morgan fingerprint density at radius 3 is 1.84 bits per heavy atom. The second kappa shape index (κ2) is 15.6. The van der Waals surface area contributed by atoms with E-state index in [4.69, 9.17) is 0 Å². The molecule has 0 bridgehead atoms. The van der Waals surface area contributed by atoms with Gasteiger partial charge in [-0.25, -0.2) is 0 Å². The molecule has 8 aromatic carbocycles. The van der Waals surface area contributed by atoms with Crippen LogP contribution < -0.4 is 26.2 Å². The Labute approximate surface area is 443 Å². The smallest absolute Gasteiger partial charge is 0.252 e. The number of thiophene rings is 1. The van der Waals surface area contributed by atoms with Gasteiger partial charge in [-0.1, -0.05) is 167 Å². The van der Waals surface area contributed by atoms with Gasteiger partial charge in [-0.3, -0.25) is 0 Å². The molecule has 9 aromatic rings. The highest BCUT2D eigenvalue weighted by atomic mass is 32.1. The number of rotatable bonds is 4. The molecule has 2 aliphatic carbocycles. The first-order chi connectivity index (χ1) is 35.8. The summed E-state index contributed by atoms with van der Waals surface area (Å²) < 4.78 is 30.6. The summed E-state index contributed by atoms with van der Waals surface area (Å²) in [5, 5.41) is 2.55. The summed E-state index contributed by atoms with van der Waals surface area (Å²) in [6.07, 6.45) is 3.23. The van der Waals surface area contributed by atoms with Crippen LogP contribution in [0.3, 0.4) is 0 Å². The summed E-state index contributed by atoms with van der Waals surface area (Å²) in [7, 11) is 0. The topological polar surface area (TPSA) is 6.48 Å². The first-order valence-electron chi connectivity index (χ1n) is 28.2. The number of hydrogen-bond donors (Lipinski definition) is 0. The molecule has 0 N–H and O–H groups in total. The van der Waals surface area contributed by atoms with Crippen LogP contribution in [0.2, 0.25) is 0 Å². The number of fused-ring (bicyclic) bond motifs is 9. The van der Waals surface area contributed by atoms with Crippen LogP contribution in [0.1, 0.15) is 138 Å². The van der Waals surface area contributed by atoms with E-state index in [9.17, 15) is 4.11 Å². The molecule has 2 nitrogen and oxygen atoms in total. The van der Waals surface area contributed by atoms with Crippen LogP contribution in [-0.2, 0) is 27.1 Å². The largest absolute Gasteiger partial charge is 0.311 e. The molecule has 0 unspecified atom stereocenters. The molecule has 0 saturated carbocycles. The van der Waals surface area contributed by atoms with Crippen molar-refractivity contribution in [1.82, 2.24) is 0 Å². The molecule has 73 heavy (non-hydrogen) atoms. The lowest BCUT2D eigenvalue weighted by molar-refractivity contribution is 0.332. The molecule has 0 spiro atoms. The first-order valence-corrected chi connectivity index (χ1v) is 27.5. The molecule has 13 rings (SSSR count). The van der Waals surface area contributed by atoms with Crippen molar-refractivity contribution in [2.24, 2.45) is 0 Å². The lowest BCUT2D eigenvalue weighted by atomic mass is 9.33. The molecule has 4 aliphatic rings. The third-order valence-electron chi connectivity index (χ3n) is 17.9. The highest BCUT2D eigenvalue weighted by molar-refractivity contribution is 7.26. The molecule has 3 heterocycles. The Kier molecular flexibility index (Phi) is 9.20. The number of hydrogen-bond acceptors (Lipinski definition) is 3. The zero-order valence-electron chi connectivity index (χ0n) is 47.9. The van der Waals surface area contributed by atoms with Crippen molar-refractivity contribution in [1.29, 1.82) is 0 Å². The summed E-state index contributed by atoms with van der Waals surface area (Å²) >= 11 is 1.85. The van der Waals surface area contributed by atoms with Gasteiger partial charge in [0, 0.05) is 58.3 Å². The maximum absolute atomic E-state index is 9.36. The molecule has 0 fully saturated rings. The Morgan fingerprint density at radius 1 is 0.507 bits per heavy atom. The van der Waals surface area contributed by atoms with Crippen LogP contribution in [0, 0.1) is 13.8 Å². The molecular formula is C69H69BN2S. The maximum Gasteiger partial charge on any atom is 0.252 e. The van der Waals surface area contributed by atoms with Crippen molar-refractivity contribution in [3.8, 4) is 22.3 Å². The van der Waals surface area contributed by atoms with Crippen LogP contribution in [0.25, 0.3) is 42.4 Å². The zero-order valence-corrected chi connectivity index (χ0v) is 45.7. The maximum atomic E-state index is 9.36. The van der Waals surface area contributed by atoms with E-state index in [1.54, 1.807) is 0 Å². The number of anilines is 6. The summed E-state index contributed by atoms with van der Waals surface area (Å²) in [4.78, 5) is 4.97. The average molecular weight is 972 g/mol. The monoisotopic (exact) mass is 972 g/mol. The van der Waals surface area contributed by atoms with E-state index in [1.165, 1.54) is 70.0 Å². The van der Waals surface area contributed by atoms with Gasteiger partial charge in [-0.2, -0.15) is 0 Å². The molecule has 0 atom stereocenters. The van der Waals surface area contributed by atoms with E-state index < -0.39 is 6.85 Å². The van der Waals surface area contributed by atoms with E-state index in [0.29, 0.717) is 5.56 Å². The molecule has 0 saturated heterocycles. The van der Waals surface area contributed by atoms with Gasteiger partial charge in [0.15, 0.2) is 0 Å².